The molecule has 3 atom stereocenters. The summed E-state index contributed by atoms with van der Waals surface area (Å²) in [4.78, 5) is 11.2. The second-order valence-electron chi connectivity index (χ2n) is 3.49. The summed E-state index contributed by atoms with van der Waals surface area (Å²) in [6.45, 7) is 2.92. The van der Waals surface area contributed by atoms with E-state index in [-0.39, 0.29) is 12.0 Å². The van der Waals surface area contributed by atoms with Crippen molar-refractivity contribution in [2.45, 2.75) is 6.04 Å². The average Bonchev–Trinajstić information content (AvgIpc) is 2.62. The molecule has 0 saturated carbocycles. The Morgan fingerprint density at radius 2 is 2.25 bits per heavy atom. The monoisotopic (exact) mass is 170 g/mol. The Kier molecular flexibility index (Phi) is 2.02. The molecular weight excluding hydrogens is 156 g/mol. The van der Waals surface area contributed by atoms with Gasteiger partial charge in [-0.3, -0.25) is 4.79 Å². The maximum absolute atomic E-state index is 11.2. The molecule has 2 rings (SSSR count). The maximum atomic E-state index is 11.2. The van der Waals surface area contributed by atoms with Gasteiger partial charge in [0.1, 0.15) is 6.04 Å². The predicted molar refractivity (Wildman–Crippen MR) is 43.7 cm³/mol. The lowest BCUT2D eigenvalue weighted by Crippen LogP contribution is -2.38. The fraction of sp³-hybridized carbons (Fsp3) is 0.875. The van der Waals surface area contributed by atoms with Gasteiger partial charge in [-0.15, -0.1) is 0 Å². The largest absolute Gasteiger partial charge is 0.468 e. The summed E-state index contributed by atoms with van der Waals surface area (Å²) in [6, 6.07) is -0.0741. The van der Waals surface area contributed by atoms with Crippen LogP contribution in [0.3, 0.4) is 0 Å². The van der Waals surface area contributed by atoms with E-state index in [4.69, 9.17) is 4.74 Å². The summed E-state index contributed by atoms with van der Waals surface area (Å²) < 4.78 is 4.71. The van der Waals surface area contributed by atoms with E-state index in [1.54, 1.807) is 0 Å². The molecule has 2 aliphatic rings. The molecule has 3 unspecified atom stereocenters. The van der Waals surface area contributed by atoms with E-state index in [2.05, 4.69) is 10.6 Å². The van der Waals surface area contributed by atoms with E-state index in [0.29, 0.717) is 11.8 Å². The van der Waals surface area contributed by atoms with Crippen molar-refractivity contribution in [3.8, 4) is 0 Å². The van der Waals surface area contributed by atoms with Gasteiger partial charge in [-0.2, -0.15) is 0 Å². The summed E-state index contributed by atoms with van der Waals surface area (Å²) in [7, 11) is 1.44. The molecule has 12 heavy (non-hydrogen) atoms. The van der Waals surface area contributed by atoms with Gasteiger partial charge in [0.15, 0.2) is 0 Å². The lowest BCUT2D eigenvalue weighted by Gasteiger charge is -2.14. The highest BCUT2D eigenvalue weighted by molar-refractivity contribution is 5.76. The lowest BCUT2D eigenvalue weighted by atomic mass is 9.94. The minimum absolute atomic E-state index is 0.0741. The summed E-state index contributed by atoms with van der Waals surface area (Å²) in [6.07, 6.45) is 0. The Hall–Kier alpha value is -0.610. The van der Waals surface area contributed by atoms with E-state index in [9.17, 15) is 4.79 Å². The van der Waals surface area contributed by atoms with Gasteiger partial charge in [-0.25, -0.2) is 0 Å². The summed E-state index contributed by atoms with van der Waals surface area (Å²) >= 11 is 0. The molecule has 2 heterocycles. The first-order chi connectivity index (χ1) is 5.83. The first-order valence-electron chi connectivity index (χ1n) is 4.35. The molecule has 2 fully saturated rings. The zero-order chi connectivity index (χ0) is 8.55. The van der Waals surface area contributed by atoms with Crippen LogP contribution in [0.5, 0.6) is 0 Å². The van der Waals surface area contributed by atoms with Crippen LogP contribution in [-0.4, -0.2) is 38.8 Å². The molecule has 2 N–H and O–H groups in total. The normalized spacial score (nSPS) is 39.6. The number of ether oxygens (including phenoxy) is 1. The SMILES string of the molecule is COC(=O)C1NCC2CNCC21. The molecule has 0 radical (unpaired) electrons. The molecule has 0 aromatic carbocycles. The van der Waals surface area contributed by atoms with Crippen molar-refractivity contribution in [3.63, 3.8) is 0 Å². The zero-order valence-corrected chi connectivity index (χ0v) is 7.17. The van der Waals surface area contributed by atoms with Crippen molar-refractivity contribution in [2.75, 3.05) is 26.7 Å². The molecule has 4 heteroatoms. The zero-order valence-electron chi connectivity index (χ0n) is 7.17. The van der Waals surface area contributed by atoms with Gasteiger partial charge < -0.3 is 15.4 Å². The summed E-state index contributed by atoms with van der Waals surface area (Å²) in [5.74, 6) is 0.942. The number of carbonyl (C=O) groups excluding carboxylic acids is 1. The highest BCUT2D eigenvalue weighted by Gasteiger charge is 2.42. The second-order valence-corrected chi connectivity index (χ2v) is 3.49. The number of esters is 1. The molecule has 4 nitrogen and oxygen atoms in total. The third kappa shape index (κ3) is 1.11. The third-order valence-electron chi connectivity index (χ3n) is 2.88. The van der Waals surface area contributed by atoms with E-state index in [1.165, 1.54) is 7.11 Å². The third-order valence-corrected chi connectivity index (χ3v) is 2.88. The first kappa shape index (κ1) is 8.01. The molecule has 68 valence electrons. The lowest BCUT2D eigenvalue weighted by molar-refractivity contribution is -0.143. The van der Waals surface area contributed by atoms with Gasteiger partial charge in [-0.1, -0.05) is 0 Å². The van der Waals surface area contributed by atoms with Crippen molar-refractivity contribution < 1.29 is 9.53 Å². The van der Waals surface area contributed by atoms with Crippen molar-refractivity contribution in [1.29, 1.82) is 0 Å². The fourth-order valence-electron chi connectivity index (χ4n) is 2.18. The molecule has 0 aliphatic carbocycles. The van der Waals surface area contributed by atoms with E-state index in [0.717, 1.165) is 19.6 Å². The number of carbonyl (C=O) groups is 1. The Bertz CT molecular complexity index is 195. The number of fused-ring (bicyclic) bond motifs is 1. The molecule has 2 aliphatic heterocycles. The quantitative estimate of drug-likeness (QED) is 0.494. The van der Waals surface area contributed by atoms with Crippen LogP contribution in [0.25, 0.3) is 0 Å². The first-order valence-corrected chi connectivity index (χ1v) is 4.35. The van der Waals surface area contributed by atoms with Gasteiger partial charge in [0.2, 0.25) is 0 Å². The van der Waals surface area contributed by atoms with Gasteiger partial charge in [0.25, 0.3) is 0 Å². The number of hydrogen-bond donors (Lipinski definition) is 2. The summed E-state index contributed by atoms with van der Waals surface area (Å²) in [5.41, 5.74) is 0. The van der Waals surface area contributed by atoms with Crippen LogP contribution in [0.15, 0.2) is 0 Å². The van der Waals surface area contributed by atoms with Crippen LogP contribution in [-0.2, 0) is 9.53 Å². The van der Waals surface area contributed by atoms with Gasteiger partial charge in [-0.05, 0) is 12.5 Å². The highest BCUT2D eigenvalue weighted by atomic mass is 16.5. The Morgan fingerprint density at radius 3 is 3.00 bits per heavy atom. The van der Waals surface area contributed by atoms with Crippen molar-refractivity contribution in [2.24, 2.45) is 11.8 Å². The van der Waals surface area contributed by atoms with Crippen molar-refractivity contribution >= 4 is 5.97 Å². The molecule has 2 saturated heterocycles. The molecule has 0 aromatic heterocycles. The Balaban J connectivity index is 2.04. The molecule has 0 amide bonds. The fourth-order valence-corrected chi connectivity index (χ4v) is 2.18. The highest BCUT2D eigenvalue weighted by Crippen LogP contribution is 2.26. The second kappa shape index (κ2) is 3.03. The molecule has 0 bridgehead atoms. The maximum Gasteiger partial charge on any atom is 0.323 e. The van der Waals surface area contributed by atoms with Gasteiger partial charge in [0, 0.05) is 19.0 Å². The van der Waals surface area contributed by atoms with Gasteiger partial charge >= 0.3 is 5.97 Å². The van der Waals surface area contributed by atoms with Crippen molar-refractivity contribution in [3.05, 3.63) is 0 Å². The molecule has 0 aromatic rings. The van der Waals surface area contributed by atoms with Crippen LogP contribution in [0.1, 0.15) is 0 Å². The average molecular weight is 170 g/mol. The van der Waals surface area contributed by atoms with Crippen LogP contribution >= 0.6 is 0 Å². The van der Waals surface area contributed by atoms with E-state index in [1.807, 2.05) is 0 Å². The minimum atomic E-state index is -0.119. The van der Waals surface area contributed by atoms with Gasteiger partial charge in [0.05, 0.1) is 7.11 Å². The smallest absolute Gasteiger partial charge is 0.323 e. The molecule has 0 spiro atoms. The van der Waals surface area contributed by atoms with E-state index >= 15 is 0 Å². The standard InChI is InChI=1S/C8H14N2O2/c1-12-8(11)7-6-4-9-2-5(6)3-10-7/h5-7,9-10H,2-4H2,1H3. The minimum Gasteiger partial charge on any atom is -0.468 e. The number of rotatable bonds is 1. The van der Waals surface area contributed by atoms with Crippen LogP contribution in [0.2, 0.25) is 0 Å². The molecular formula is C8H14N2O2. The number of nitrogens with one attached hydrogen (secondary N) is 2. The topological polar surface area (TPSA) is 50.4 Å². The number of hydrogen-bond acceptors (Lipinski definition) is 4. The Morgan fingerprint density at radius 1 is 1.42 bits per heavy atom. The van der Waals surface area contributed by atoms with Crippen LogP contribution in [0.4, 0.5) is 0 Å². The number of methoxy groups -OCH3 is 1. The predicted octanol–water partition coefficient (Wildman–Crippen LogP) is -1.03. The van der Waals surface area contributed by atoms with Crippen LogP contribution < -0.4 is 10.6 Å². The van der Waals surface area contributed by atoms with Crippen molar-refractivity contribution in [1.82, 2.24) is 10.6 Å². The summed E-state index contributed by atoms with van der Waals surface area (Å²) in [5, 5.41) is 6.48. The Labute approximate surface area is 71.7 Å². The van der Waals surface area contributed by atoms with E-state index < -0.39 is 0 Å². The van der Waals surface area contributed by atoms with Crippen LogP contribution in [0, 0.1) is 11.8 Å².